The lowest BCUT2D eigenvalue weighted by atomic mass is 9.43. The molecule has 10 nitrogen and oxygen atoms in total. The number of allylic oxidation sites excluding steroid dienone is 2. The Labute approximate surface area is 424 Å². The van der Waals surface area contributed by atoms with E-state index in [4.69, 9.17) is 24.0 Å². The van der Waals surface area contributed by atoms with Crippen LogP contribution in [0.2, 0.25) is 0 Å². The molecule has 0 amide bonds. The number of fused-ring (bicyclic) bond motifs is 10. The normalized spacial score (nSPS) is 41.1. The van der Waals surface area contributed by atoms with Crippen LogP contribution in [-0.2, 0) is 19.1 Å². The molecule has 7 fully saturated rings. The molecule has 8 aliphatic carbocycles. The van der Waals surface area contributed by atoms with E-state index in [1.807, 2.05) is 19.1 Å². The van der Waals surface area contributed by atoms with E-state index in [1.165, 1.54) is 31.7 Å². The van der Waals surface area contributed by atoms with Crippen molar-refractivity contribution in [1.29, 1.82) is 0 Å². The highest BCUT2D eigenvalue weighted by atomic mass is 16.5. The molecule has 0 unspecified atom stereocenters. The summed E-state index contributed by atoms with van der Waals surface area (Å²) in [6.07, 6.45) is 25.5. The molecule has 0 aromatic carbocycles. The van der Waals surface area contributed by atoms with Crippen molar-refractivity contribution in [3.05, 3.63) is 80.4 Å². The Morgan fingerprint density at radius 3 is 1.80 bits per heavy atom. The predicted molar refractivity (Wildman–Crippen MR) is 276 cm³/mol. The first-order chi connectivity index (χ1) is 33.6. The molecule has 8 aliphatic rings. The van der Waals surface area contributed by atoms with Crippen molar-refractivity contribution in [3.8, 4) is 0 Å². The van der Waals surface area contributed by atoms with Gasteiger partial charge in [-0.25, -0.2) is 9.59 Å². The average Bonchev–Trinajstić information content (AvgIpc) is 3.82. The lowest BCUT2D eigenvalue weighted by Crippen LogP contribution is -2.62. The molecule has 392 valence electrons. The van der Waals surface area contributed by atoms with Gasteiger partial charge >= 0.3 is 23.2 Å². The lowest BCUT2D eigenvalue weighted by molar-refractivity contribution is -0.208. The van der Waals surface area contributed by atoms with E-state index in [1.54, 1.807) is 24.2 Å². The van der Waals surface area contributed by atoms with Crippen LogP contribution in [0.3, 0.4) is 0 Å². The Morgan fingerprint density at radius 1 is 0.648 bits per heavy atom. The van der Waals surface area contributed by atoms with Crippen LogP contribution >= 0.6 is 0 Å². The van der Waals surface area contributed by atoms with Gasteiger partial charge in [0.2, 0.25) is 0 Å². The topological polar surface area (TPSA) is 159 Å². The van der Waals surface area contributed by atoms with Crippen molar-refractivity contribution in [2.75, 3.05) is 0 Å². The quantitative estimate of drug-likeness (QED) is 0.173. The summed E-state index contributed by atoms with van der Waals surface area (Å²) < 4.78 is 22.4. The summed E-state index contributed by atoms with van der Waals surface area (Å²) in [5.41, 5.74) is 9.18. The Bertz CT molecular complexity index is 2360. The third-order valence-electron chi connectivity index (χ3n) is 21.9. The molecular weight excluding hydrogens is 891 g/mol. The molecule has 2 aromatic heterocycles. The molecule has 3 N–H and O–H groups in total. The second-order valence-electron chi connectivity index (χ2n) is 26.6. The van der Waals surface area contributed by atoms with Crippen molar-refractivity contribution >= 4 is 11.9 Å². The van der Waals surface area contributed by atoms with Crippen LogP contribution in [0.15, 0.2) is 66.9 Å². The summed E-state index contributed by atoms with van der Waals surface area (Å²) >= 11 is 0. The summed E-state index contributed by atoms with van der Waals surface area (Å²) in [5, 5.41) is 12.4. The molecule has 0 bridgehead atoms. The molecule has 7 saturated carbocycles. The summed E-state index contributed by atoms with van der Waals surface area (Å²) in [6.45, 7) is 20.2. The molecule has 2 heterocycles. The molecule has 2 aromatic rings. The molecular formula is C61H89NO9. The number of esters is 2. The fraction of sp³-hybridized carbons (Fsp3) is 0.770. The Balaban J connectivity index is 0.000000176. The molecule has 0 radical (unpaired) electrons. The Kier molecular flexibility index (Phi) is 14.7. The highest BCUT2D eigenvalue weighted by Crippen LogP contribution is 2.71. The summed E-state index contributed by atoms with van der Waals surface area (Å²) in [5.74, 6) is 4.58. The van der Waals surface area contributed by atoms with Gasteiger partial charge in [0, 0.05) is 17.5 Å². The van der Waals surface area contributed by atoms with Crippen LogP contribution in [0.1, 0.15) is 207 Å². The molecule has 17 atom stereocenters. The van der Waals surface area contributed by atoms with Gasteiger partial charge in [0.15, 0.2) is 0 Å². The molecule has 0 spiro atoms. The number of aliphatic hydroxyl groups is 1. The van der Waals surface area contributed by atoms with E-state index < -0.39 is 11.6 Å². The standard InChI is InChI=1S/C31H46O5.C30H43NO4/c1-19(2)16-20(3)28(33)36-23-10-13-29(4)22(17-23)7-8-26-25(29)11-14-30(5)24(12-15-31(26,30)34)21-6-9-27(32)35-18-21;1-18(2)15-26(31)28(33)35-21-11-13-29(3)20(16-21)6-7-22-24-9-8-23(19-5-10-27(32)34-17-19)30(24,4)14-12-25(22)29/h6,9,18-20,22-26,34H,7-8,10-17H2,1-5H3;5,9-10,17-18,20-23,25-26H,6-8,11-16,31H2,1-4H3/t20-,22-,23+,24-,25+,26-,29+,30-,31+;20-,21+,22+,23-,25+,26-,29+,30-/m11/s1. The van der Waals surface area contributed by atoms with Gasteiger partial charge in [-0.15, -0.1) is 0 Å². The van der Waals surface area contributed by atoms with E-state index in [-0.39, 0.29) is 63.5 Å². The minimum Gasteiger partial charge on any atom is -0.462 e. The van der Waals surface area contributed by atoms with Crippen molar-refractivity contribution in [2.24, 2.45) is 80.7 Å². The average molecular weight is 980 g/mol. The number of nitrogens with two attached hydrogens (primary N) is 1. The number of carbonyl (C=O) groups excluding carboxylic acids is 2. The Morgan fingerprint density at radius 2 is 1.21 bits per heavy atom. The number of hydrogen-bond acceptors (Lipinski definition) is 10. The van der Waals surface area contributed by atoms with Crippen LogP contribution < -0.4 is 17.0 Å². The second kappa shape index (κ2) is 20.0. The van der Waals surface area contributed by atoms with Crippen LogP contribution in [0.25, 0.3) is 0 Å². The van der Waals surface area contributed by atoms with Crippen LogP contribution in [0.5, 0.6) is 0 Å². The highest BCUT2D eigenvalue weighted by Gasteiger charge is 2.67. The van der Waals surface area contributed by atoms with Crippen LogP contribution in [0, 0.1) is 74.9 Å². The Hall–Kier alpha value is -3.50. The SMILES string of the molecule is CC(C)C[C@@H](C)C(=O)O[C@H]1CC[C@@]2(C)[C@H](CC[C@@H]3[C@@H]2CC[C@]2(C)[C@@H](c4ccc(=O)oc4)CC[C@]32O)C1.CC(C)C[C@@H](N)C(=O)O[C@H]1CC[C@@]2(C)[C@H](CC[C@H]3C4=CC[C@H](c5ccc(=O)oc5)[C@@]4(C)CC[C@@H]32)C1. The van der Waals surface area contributed by atoms with Gasteiger partial charge in [-0.3, -0.25) is 9.59 Å². The molecule has 71 heavy (non-hydrogen) atoms. The molecule has 0 saturated heterocycles. The minimum atomic E-state index is -0.680. The van der Waals surface area contributed by atoms with Gasteiger partial charge < -0.3 is 29.1 Å². The number of rotatable bonds is 10. The monoisotopic (exact) mass is 980 g/mol. The first-order valence-corrected chi connectivity index (χ1v) is 28.4. The number of hydrogen-bond donors (Lipinski definition) is 2. The first-order valence-electron chi connectivity index (χ1n) is 28.4. The molecule has 10 heteroatoms. The van der Waals surface area contributed by atoms with E-state index in [0.717, 1.165) is 101 Å². The summed E-state index contributed by atoms with van der Waals surface area (Å²) in [6, 6.07) is 6.45. The predicted octanol–water partition coefficient (Wildman–Crippen LogP) is 12.4. The number of carbonyl (C=O) groups is 2. The maximum atomic E-state index is 12.7. The highest BCUT2D eigenvalue weighted by molar-refractivity contribution is 5.75. The van der Waals surface area contributed by atoms with Crippen molar-refractivity contribution in [1.82, 2.24) is 0 Å². The minimum absolute atomic E-state index is 0.0204. The van der Waals surface area contributed by atoms with Gasteiger partial charge in [-0.2, -0.15) is 0 Å². The van der Waals surface area contributed by atoms with E-state index >= 15 is 0 Å². The second-order valence-corrected chi connectivity index (χ2v) is 26.6. The fourth-order valence-electron chi connectivity index (χ4n) is 18.1. The zero-order chi connectivity index (χ0) is 50.8. The van der Waals surface area contributed by atoms with Gasteiger partial charge in [0.25, 0.3) is 0 Å². The van der Waals surface area contributed by atoms with Gasteiger partial charge in [-0.05, 0) is 221 Å². The maximum Gasteiger partial charge on any atom is 0.335 e. The lowest BCUT2D eigenvalue weighted by Gasteiger charge is -2.63. The third-order valence-corrected chi connectivity index (χ3v) is 21.9. The zero-order valence-electron chi connectivity index (χ0n) is 44.8. The smallest absolute Gasteiger partial charge is 0.335 e. The zero-order valence-corrected chi connectivity index (χ0v) is 44.8. The van der Waals surface area contributed by atoms with Crippen LogP contribution in [0.4, 0.5) is 0 Å². The van der Waals surface area contributed by atoms with Gasteiger partial charge in [-0.1, -0.05) is 74.0 Å². The number of ether oxygens (including phenoxy) is 2. The molecule has 0 aliphatic heterocycles. The van der Waals surface area contributed by atoms with E-state index in [0.29, 0.717) is 65.1 Å². The largest absolute Gasteiger partial charge is 0.462 e. The third kappa shape index (κ3) is 9.52. The van der Waals surface area contributed by atoms with Gasteiger partial charge in [0.1, 0.15) is 18.2 Å². The first kappa shape index (κ1) is 52.4. The van der Waals surface area contributed by atoms with Crippen molar-refractivity contribution < 1.29 is 33.0 Å². The van der Waals surface area contributed by atoms with Crippen molar-refractivity contribution in [2.45, 2.75) is 220 Å². The van der Waals surface area contributed by atoms with Crippen LogP contribution in [-0.4, -0.2) is 40.9 Å². The van der Waals surface area contributed by atoms with Gasteiger partial charge in [0.05, 0.1) is 24.0 Å². The van der Waals surface area contributed by atoms with E-state index in [9.17, 15) is 24.3 Å². The maximum absolute atomic E-state index is 12.7. The molecule has 10 rings (SSSR count). The summed E-state index contributed by atoms with van der Waals surface area (Å²) in [4.78, 5) is 48.3. The summed E-state index contributed by atoms with van der Waals surface area (Å²) in [7, 11) is 0. The fourth-order valence-corrected chi connectivity index (χ4v) is 18.1. The van der Waals surface area contributed by atoms with Crippen molar-refractivity contribution in [3.63, 3.8) is 0 Å². The van der Waals surface area contributed by atoms with E-state index in [2.05, 4.69) is 61.5 Å².